The van der Waals surface area contributed by atoms with Crippen LogP contribution in [0.3, 0.4) is 0 Å². The van der Waals surface area contributed by atoms with Crippen molar-refractivity contribution in [1.82, 2.24) is 4.98 Å². The molecule has 0 aliphatic carbocycles. The van der Waals surface area contributed by atoms with Crippen LogP contribution < -0.4 is 10.1 Å². The molecule has 2 aromatic rings. The van der Waals surface area contributed by atoms with E-state index in [0.717, 1.165) is 17.4 Å². The molecular weight excluding hydrogens is 359 g/mol. The summed E-state index contributed by atoms with van der Waals surface area (Å²) < 4.78 is 19.8. The van der Waals surface area contributed by atoms with Gasteiger partial charge < -0.3 is 15.2 Å². The number of carboxylic acid groups (broad SMARTS) is 1. The normalized spacial score (nSPS) is 11.8. The minimum absolute atomic E-state index is 0.00643. The van der Waals surface area contributed by atoms with E-state index < -0.39 is 17.9 Å². The number of carbonyl (C=O) groups excluding carboxylic acids is 1. The Morgan fingerprint density at radius 2 is 2.25 bits per heavy atom. The van der Waals surface area contributed by atoms with Crippen molar-refractivity contribution in [3.63, 3.8) is 0 Å². The van der Waals surface area contributed by atoms with Crippen LogP contribution in [0.2, 0.25) is 4.34 Å². The summed E-state index contributed by atoms with van der Waals surface area (Å²) in [6.07, 6.45) is 0.565. The monoisotopic (exact) mass is 372 g/mol. The first-order valence-corrected chi connectivity index (χ1v) is 8.11. The molecule has 9 heteroatoms. The molecule has 0 saturated heterocycles. The third-order valence-electron chi connectivity index (χ3n) is 2.88. The van der Waals surface area contributed by atoms with Crippen LogP contribution in [-0.2, 0) is 16.0 Å². The fourth-order valence-electron chi connectivity index (χ4n) is 1.93. The van der Waals surface area contributed by atoms with Crippen molar-refractivity contribution in [2.24, 2.45) is 0 Å². The Morgan fingerprint density at radius 1 is 1.50 bits per heavy atom. The van der Waals surface area contributed by atoms with Gasteiger partial charge in [0.05, 0.1) is 19.0 Å². The van der Waals surface area contributed by atoms with Gasteiger partial charge in [0.1, 0.15) is 10.4 Å². The largest absolute Gasteiger partial charge is 0.487 e. The molecule has 0 fully saturated rings. The Kier molecular flexibility index (Phi) is 6.10. The summed E-state index contributed by atoms with van der Waals surface area (Å²) in [7, 11) is 0. The average Bonchev–Trinajstić information content (AvgIpc) is 2.86. The second kappa shape index (κ2) is 8.07. The van der Waals surface area contributed by atoms with Crippen molar-refractivity contribution < 1.29 is 23.8 Å². The van der Waals surface area contributed by atoms with Crippen molar-refractivity contribution in [1.29, 1.82) is 0 Å². The van der Waals surface area contributed by atoms with Gasteiger partial charge in [-0.3, -0.25) is 9.59 Å². The molecule has 6 nitrogen and oxygen atoms in total. The Hall–Kier alpha value is -2.19. The second-order valence-corrected chi connectivity index (χ2v) is 6.65. The molecule has 0 aliphatic heterocycles. The molecule has 1 heterocycles. The summed E-state index contributed by atoms with van der Waals surface area (Å²) >= 11 is 6.85. The van der Waals surface area contributed by atoms with Crippen LogP contribution in [0.4, 0.5) is 9.52 Å². The van der Waals surface area contributed by atoms with Crippen LogP contribution in [0.5, 0.6) is 5.75 Å². The molecule has 0 radical (unpaired) electrons. The lowest BCUT2D eigenvalue weighted by Crippen LogP contribution is -2.22. The SMILES string of the molecule is CC(CC(=O)Nc1ncc(Cl)s1)Oc1ccc(CC(=O)O)cc1F. The Labute approximate surface area is 146 Å². The van der Waals surface area contributed by atoms with Crippen LogP contribution >= 0.6 is 22.9 Å². The van der Waals surface area contributed by atoms with E-state index in [9.17, 15) is 14.0 Å². The molecule has 0 bridgehead atoms. The topological polar surface area (TPSA) is 88.5 Å². The van der Waals surface area contributed by atoms with Crippen LogP contribution in [0.1, 0.15) is 18.9 Å². The van der Waals surface area contributed by atoms with E-state index in [1.54, 1.807) is 6.92 Å². The summed E-state index contributed by atoms with van der Waals surface area (Å²) in [5, 5.41) is 11.6. The molecule has 0 saturated carbocycles. The first kappa shape index (κ1) is 18.2. The molecule has 1 aromatic heterocycles. The number of benzene rings is 1. The summed E-state index contributed by atoms with van der Waals surface area (Å²) in [4.78, 5) is 26.4. The van der Waals surface area contributed by atoms with Crippen LogP contribution in [0.25, 0.3) is 0 Å². The van der Waals surface area contributed by atoms with Gasteiger partial charge in [-0.15, -0.1) is 0 Å². The van der Waals surface area contributed by atoms with Crippen molar-refractivity contribution in [2.45, 2.75) is 25.9 Å². The molecule has 128 valence electrons. The minimum atomic E-state index is -1.05. The molecule has 1 amide bonds. The van der Waals surface area contributed by atoms with Crippen LogP contribution in [0.15, 0.2) is 24.4 Å². The number of thiazole rings is 1. The third-order valence-corrected chi connectivity index (χ3v) is 3.91. The van der Waals surface area contributed by atoms with Crippen molar-refractivity contribution in [2.75, 3.05) is 5.32 Å². The Bertz CT molecular complexity index is 753. The lowest BCUT2D eigenvalue weighted by molar-refractivity contribution is -0.136. The zero-order chi connectivity index (χ0) is 17.7. The van der Waals surface area contributed by atoms with Gasteiger partial charge in [-0.1, -0.05) is 29.0 Å². The zero-order valence-electron chi connectivity index (χ0n) is 12.6. The van der Waals surface area contributed by atoms with Gasteiger partial charge in [-0.05, 0) is 24.6 Å². The molecule has 24 heavy (non-hydrogen) atoms. The predicted molar refractivity (Wildman–Crippen MR) is 88.2 cm³/mol. The Balaban J connectivity index is 1.90. The first-order valence-electron chi connectivity index (χ1n) is 6.91. The number of aromatic nitrogens is 1. The van der Waals surface area contributed by atoms with Crippen molar-refractivity contribution >= 4 is 39.9 Å². The van der Waals surface area contributed by atoms with E-state index in [1.807, 2.05) is 0 Å². The number of hydrogen-bond donors (Lipinski definition) is 2. The van der Waals surface area contributed by atoms with Crippen molar-refractivity contribution in [3.05, 3.63) is 40.1 Å². The maximum atomic E-state index is 13.9. The number of rotatable bonds is 7. The average molecular weight is 373 g/mol. The number of halogens is 2. The molecule has 1 atom stereocenters. The molecular formula is C15H14ClFN2O4S. The number of amides is 1. The standard InChI is InChI=1S/C15H14ClFN2O4S/c1-8(4-13(20)19-15-18-7-12(16)24-15)23-11-3-2-9(5-10(11)17)6-14(21)22/h2-3,5,7-8H,4,6H2,1H3,(H,21,22)(H,18,19,20). The predicted octanol–water partition coefficient (Wildman–Crippen LogP) is 3.36. The molecule has 1 unspecified atom stereocenters. The number of anilines is 1. The van der Waals surface area contributed by atoms with Gasteiger partial charge in [0.25, 0.3) is 0 Å². The summed E-state index contributed by atoms with van der Waals surface area (Å²) in [5.41, 5.74) is 0.332. The van der Waals surface area contributed by atoms with Crippen LogP contribution in [0, 0.1) is 5.82 Å². The summed E-state index contributed by atoms with van der Waals surface area (Å²) in [6.45, 7) is 1.62. The number of nitrogens with zero attached hydrogens (tertiary/aromatic N) is 1. The Morgan fingerprint density at radius 3 is 2.83 bits per heavy atom. The first-order chi connectivity index (χ1) is 11.3. The number of nitrogens with one attached hydrogen (secondary N) is 1. The number of hydrogen-bond acceptors (Lipinski definition) is 5. The highest BCUT2D eigenvalue weighted by Crippen LogP contribution is 2.23. The zero-order valence-corrected chi connectivity index (χ0v) is 14.2. The fraction of sp³-hybridized carbons (Fsp3) is 0.267. The molecule has 2 rings (SSSR count). The van der Waals surface area contributed by atoms with Gasteiger partial charge in [-0.25, -0.2) is 9.37 Å². The maximum absolute atomic E-state index is 13.9. The second-order valence-electron chi connectivity index (χ2n) is 4.99. The smallest absolute Gasteiger partial charge is 0.307 e. The van der Waals surface area contributed by atoms with Gasteiger partial charge >= 0.3 is 5.97 Å². The molecule has 0 spiro atoms. The van der Waals surface area contributed by atoms with Gasteiger partial charge in [0.2, 0.25) is 5.91 Å². The van der Waals surface area contributed by atoms with E-state index in [4.69, 9.17) is 21.4 Å². The van der Waals surface area contributed by atoms with E-state index in [2.05, 4.69) is 10.3 Å². The fourth-order valence-corrected chi connectivity index (χ4v) is 2.75. The van der Waals surface area contributed by atoms with Gasteiger partial charge in [-0.2, -0.15) is 0 Å². The van der Waals surface area contributed by atoms with Crippen LogP contribution in [-0.4, -0.2) is 28.1 Å². The number of carbonyl (C=O) groups is 2. The quantitative estimate of drug-likeness (QED) is 0.778. The van der Waals surface area contributed by atoms with Gasteiger partial charge in [0.15, 0.2) is 16.7 Å². The van der Waals surface area contributed by atoms with E-state index in [-0.39, 0.29) is 24.5 Å². The minimum Gasteiger partial charge on any atom is -0.487 e. The third kappa shape index (κ3) is 5.47. The summed E-state index contributed by atoms with van der Waals surface area (Å²) in [6, 6.07) is 3.92. The molecule has 1 aromatic carbocycles. The highest BCUT2D eigenvalue weighted by atomic mass is 35.5. The molecule has 2 N–H and O–H groups in total. The van der Waals surface area contributed by atoms with E-state index >= 15 is 0 Å². The van der Waals surface area contributed by atoms with E-state index in [0.29, 0.717) is 15.0 Å². The van der Waals surface area contributed by atoms with Gasteiger partial charge in [0, 0.05) is 0 Å². The number of aliphatic carboxylic acids is 1. The summed E-state index contributed by atoms with van der Waals surface area (Å²) in [5.74, 6) is -2.10. The highest BCUT2D eigenvalue weighted by molar-refractivity contribution is 7.19. The van der Waals surface area contributed by atoms with E-state index in [1.165, 1.54) is 18.3 Å². The number of carboxylic acids is 1. The lowest BCUT2D eigenvalue weighted by atomic mass is 10.1. The maximum Gasteiger partial charge on any atom is 0.307 e. The lowest BCUT2D eigenvalue weighted by Gasteiger charge is -2.15. The van der Waals surface area contributed by atoms with Crippen molar-refractivity contribution in [3.8, 4) is 5.75 Å². The number of ether oxygens (including phenoxy) is 1. The molecule has 0 aliphatic rings. The highest BCUT2D eigenvalue weighted by Gasteiger charge is 2.15.